The Hall–Kier alpha value is -2.25. The summed E-state index contributed by atoms with van der Waals surface area (Å²) in [5.74, 6) is -7.14. The zero-order chi connectivity index (χ0) is 19.5. The Labute approximate surface area is 144 Å². The molecule has 5 nitrogen and oxygen atoms in total. The average Bonchev–Trinajstić information content (AvgIpc) is 2.45. The second kappa shape index (κ2) is 7.33. The minimum Gasteiger partial charge on any atom is -0.461 e. The number of esters is 1. The number of alkyl halides is 2. The van der Waals surface area contributed by atoms with Crippen molar-refractivity contribution >= 4 is 12.1 Å². The Bertz CT molecular complexity index is 643. The number of benzene rings is 1. The van der Waals surface area contributed by atoms with Gasteiger partial charge in [0.1, 0.15) is 17.0 Å². The maximum absolute atomic E-state index is 14.8. The molecule has 0 spiro atoms. The Morgan fingerprint density at radius 2 is 1.68 bits per heavy atom. The van der Waals surface area contributed by atoms with Crippen LogP contribution in [-0.4, -0.2) is 30.2 Å². The van der Waals surface area contributed by atoms with E-state index in [1.807, 2.05) is 5.32 Å². The molecule has 140 valence electrons. The number of halogens is 3. The summed E-state index contributed by atoms with van der Waals surface area (Å²) in [5.41, 5.74) is -4.26. The summed E-state index contributed by atoms with van der Waals surface area (Å²) in [6.07, 6.45) is -1.22. The van der Waals surface area contributed by atoms with Gasteiger partial charge in [0, 0.05) is 5.56 Å². The number of carbonyl (C=O) groups is 2. The standard InChI is InChI=1S/C17H22F3NO4/c1-6-24-13(22)17(19,20)16(5,11-9-7-8-10-12(11)18)21-14(23)25-15(2,3)4/h7-10H,6H2,1-5H3,(H,21,23)/t16-/m1/s1. The molecule has 1 aromatic carbocycles. The molecule has 1 rings (SSSR count). The van der Waals surface area contributed by atoms with Crippen LogP contribution in [0, 0.1) is 5.82 Å². The van der Waals surface area contributed by atoms with Crippen molar-refractivity contribution in [1.29, 1.82) is 0 Å². The van der Waals surface area contributed by atoms with E-state index in [0.717, 1.165) is 19.1 Å². The lowest BCUT2D eigenvalue weighted by Gasteiger charge is -2.37. The van der Waals surface area contributed by atoms with Crippen LogP contribution >= 0.6 is 0 Å². The molecule has 1 N–H and O–H groups in total. The van der Waals surface area contributed by atoms with Crippen LogP contribution in [0.1, 0.15) is 40.2 Å². The quantitative estimate of drug-likeness (QED) is 0.811. The lowest BCUT2D eigenvalue weighted by Crippen LogP contribution is -2.60. The topological polar surface area (TPSA) is 64.6 Å². The number of hydrogen-bond acceptors (Lipinski definition) is 4. The van der Waals surface area contributed by atoms with E-state index in [4.69, 9.17) is 4.74 Å². The van der Waals surface area contributed by atoms with Crippen molar-refractivity contribution in [3.8, 4) is 0 Å². The first kappa shape index (κ1) is 20.8. The maximum atomic E-state index is 14.8. The SMILES string of the molecule is CCOC(=O)C(F)(F)[C@](C)(NC(=O)OC(C)(C)C)c1ccccc1F. The van der Waals surface area contributed by atoms with E-state index < -0.39 is 40.5 Å². The third-order valence-electron chi connectivity index (χ3n) is 3.32. The number of nitrogens with one attached hydrogen (secondary N) is 1. The van der Waals surface area contributed by atoms with E-state index in [-0.39, 0.29) is 6.61 Å². The summed E-state index contributed by atoms with van der Waals surface area (Å²) in [4.78, 5) is 23.8. The Balaban J connectivity index is 3.39. The summed E-state index contributed by atoms with van der Waals surface area (Å²) in [5, 5.41) is 1.93. The van der Waals surface area contributed by atoms with Gasteiger partial charge in [0.15, 0.2) is 0 Å². The van der Waals surface area contributed by atoms with Crippen molar-refractivity contribution in [2.75, 3.05) is 6.61 Å². The lowest BCUT2D eigenvalue weighted by molar-refractivity contribution is -0.185. The largest absolute Gasteiger partial charge is 0.461 e. The van der Waals surface area contributed by atoms with Crippen LogP contribution in [0.2, 0.25) is 0 Å². The van der Waals surface area contributed by atoms with Crippen LogP contribution in [-0.2, 0) is 19.8 Å². The number of hydrogen-bond donors (Lipinski definition) is 1. The molecule has 0 saturated heterocycles. The molecule has 0 radical (unpaired) electrons. The van der Waals surface area contributed by atoms with E-state index in [1.165, 1.54) is 39.8 Å². The van der Waals surface area contributed by atoms with Crippen molar-refractivity contribution in [1.82, 2.24) is 5.32 Å². The van der Waals surface area contributed by atoms with Crippen LogP contribution in [0.3, 0.4) is 0 Å². The zero-order valence-electron chi connectivity index (χ0n) is 14.8. The number of ether oxygens (including phenoxy) is 2. The first-order chi connectivity index (χ1) is 11.3. The third-order valence-corrected chi connectivity index (χ3v) is 3.32. The molecule has 0 aromatic heterocycles. The Morgan fingerprint density at radius 1 is 1.12 bits per heavy atom. The van der Waals surface area contributed by atoms with E-state index in [9.17, 15) is 22.8 Å². The summed E-state index contributed by atoms with van der Waals surface area (Å²) >= 11 is 0. The van der Waals surface area contributed by atoms with Crippen LogP contribution in [0.25, 0.3) is 0 Å². The second-order valence-electron chi connectivity index (χ2n) is 6.53. The van der Waals surface area contributed by atoms with E-state index in [2.05, 4.69) is 4.74 Å². The van der Waals surface area contributed by atoms with Gasteiger partial charge in [0.2, 0.25) is 0 Å². The molecule has 1 amide bonds. The molecule has 8 heteroatoms. The van der Waals surface area contributed by atoms with Crippen LogP contribution in [0.4, 0.5) is 18.0 Å². The fourth-order valence-corrected chi connectivity index (χ4v) is 2.12. The van der Waals surface area contributed by atoms with E-state index in [0.29, 0.717) is 0 Å². The van der Waals surface area contributed by atoms with Gasteiger partial charge in [-0.05, 0) is 40.7 Å². The lowest BCUT2D eigenvalue weighted by atomic mass is 9.85. The molecule has 25 heavy (non-hydrogen) atoms. The van der Waals surface area contributed by atoms with Crippen molar-refractivity contribution in [3.63, 3.8) is 0 Å². The average molecular weight is 361 g/mol. The highest BCUT2D eigenvalue weighted by atomic mass is 19.3. The van der Waals surface area contributed by atoms with Gasteiger partial charge in [-0.15, -0.1) is 0 Å². The predicted octanol–water partition coefficient (Wildman–Crippen LogP) is 3.76. The summed E-state index contributed by atoms with van der Waals surface area (Å²) < 4.78 is 53.1. The third kappa shape index (κ3) is 4.64. The molecule has 0 unspecified atom stereocenters. The molecule has 0 aliphatic heterocycles. The monoisotopic (exact) mass is 361 g/mol. The van der Waals surface area contributed by atoms with Crippen LogP contribution < -0.4 is 5.32 Å². The highest BCUT2D eigenvalue weighted by Crippen LogP contribution is 2.40. The number of carbonyl (C=O) groups excluding carboxylic acids is 2. The zero-order valence-corrected chi connectivity index (χ0v) is 14.8. The molecule has 0 aliphatic rings. The molecule has 0 heterocycles. The maximum Gasteiger partial charge on any atom is 0.408 e. The summed E-state index contributed by atoms with van der Waals surface area (Å²) in [6.45, 7) is 6.51. The smallest absolute Gasteiger partial charge is 0.408 e. The molecular weight excluding hydrogens is 339 g/mol. The number of amides is 1. The van der Waals surface area contributed by atoms with Crippen molar-refractivity contribution < 1.29 is 32.2 Å². The van der Waals surface area contributed by atoms with E-state index >= 15 is 0 Å². The van der Waals surface area contributed by atoms with Gasteiger partial charge in [-0.3, -0.25) is 0 Å². The fraction of sp³-hybridized carbons (Fsp3) is 0.529. The fourth-order valence-electron chi connectivity index (χ4n) is 2.12. The van der Waals surface area contributed by atoms with E-state index in [1.54, 1.807) is 0 Å². The van der Waals surface area contributed by atoms with Crippen LogP contribution in [0.5, 0.6) is 0 Å². The minimum atomic E-state index is -4.25. The highest BCUT2D eigenvalue weighted by molar-refractivity contribution is 5.82. The molecule has 1 aromatic rings. The van der Waals surface area contributed by atoms with Gasteiger partial charge in [-0.25, -0.2) is 14.0 Å². The van der Waals surface area contributed by atoms with Gasteiger partial charge in [-0.1, -0.05) is 18.2 Å². The normalized spacial score (nSPS) is 14.4. The Morgan fingerprint density at radius 3 is 2.16 bits per heavy atom. The number of rotatable bonds is 5. The van der Waals surface area contributed by atoms with Crippen LogP contribution in [0.15, 0.2) is 24.3 Å². The van der Waals surface area contributed by atoms with Gasteiger partial charge >= 0.3 is 18.0 Å². The predicted molar refractivity (Wildman–Crippen MR) is 84.7 cm³/mol. The van der Waals surface area contributed by atoms with Gasteiger partial charge in [0.05, 0.1) is 6.61 Å². The molecule has 1 atom stereocenters. The first-order valence-corrected chi connectivity index (χ1v) is 7.66. The van der Waals surface area contributed by atoms with Crippen molar-refractivity contribution in [2.45, 2.75) is 51.7 Å². The van der Waals surface area contributed by atoms with Crippen molar-refractivity contribution in [3.05, 3.63) is 35.6 Å². The Kier molecular flexibility index (Phi) is 6.09. The summed E-state index contributed by atoms with van der Waals surface area (Å²) in [7, 11) is 0. The molecular formula is C17H22F3NO4. The minimum absolute atomic E-state index is 0.297. The molecule has 0 saturated carbocycles. The van der Waals surface area contributed by atoms with Gasteiger partial charge in [0.25, 0.3) is 0 Å². The molecule has 0 bridgehead atoms. The summed E-state index contributed by atoms with van der Waals surface area (Å²) in [6, 6.07) is 4.62. The number of alkyl carbamates (subject to hydrolysis) is 1. The molecule has 0 fully saturated rings. The first-order valence-electron chi connectivity index (χ1n) is 7.66. The molecule has 0 aliphatic carbocycles. The second-order valence-corrected chi connectivity index (χ2v) is 6.53. The van der Waals surface area contributed by atoms with Gasteiger partial charge in [-0.2, -0.15) is 8.78 Å². The van der Waals surface area contributed by atoms with Gasteiger partial charge < -0.3 is 14.8 Å². The highest BCUT2D eigenvalue weighted by Gasteiger charge is 2.60. The van der Waals surface area contributed by atoms with Crippen molar-refractivity contribution in [2.24, 2.45) is 0 Å².